The van der Waals surface area contributed by atoms with E-state index in [1.165, 1.54) is 7.11 Å². The van der Waals surface area contributed by atoms with Gasteiger partial charge < -0.3 is 14.8 Å². The van der Waals surface area contributed by atoms with E-state index in [2.05, 4.69) is 26.2 Å². The van der Waals surface area contributed by atoms with Crippen LogP contribution < -0.4 is 10.1 Å². The molecule has 0 aliphatic carbocycles. The minimum Gasteiger partial charge on any atom is -0.465 e. The molecule has 0 saturated heterocycles. The molecule has 0 bridgehead atoms. The van der Waals surface area contributed by atoms with E-state index in [9.17, 15) is 4.79 Å². The van der Waals surface area contributed by atoms with Crippen molar-refractivity contribution in [3.63, 3.8) is 0 Å². The zero-order chi connectivity index (χ0) is 14.1. The minimum atomic E-state index is -0.371. The smallest absolute Gasteiger partial charge is 0.337 e. The lowest BCUT2D eigenvalue weighted by atomic mass is 10.2. The first kappa shape index (κ1) is 12.9. The van der Waals surface area contributed by atoms with Crippen LogP contribution in [0.3, 0.4) is 0 Å². The van der Waals surface area contributed by atoms with E-state index in [0.29, 0.717) is 11.3 Å². The van der Waals surface area contributed by atoms with Crippen molar-refractivity contribution in [3.05, 3.63) is 52.3 Å². The molecule has 1 aliphatic heterocycles. The number of fused-ring (bicyclic) bond motifs is 1. The maximum absolute atomic E-state index is 11.5. The fourth-order valence-electron chi connectivity index (χ4n) is 2.02. The van der Waals surface area contributed by atoms with Crippen molar-refractivity contribution in [3.8, 4) is 5.75 Å². The number of carbonyl (C=O) groups is 1. The summed E-state index contributed by atoms with van der Waals surface area (Å²) < 4.78 is 11.2. The molecule has 2 aromatic rings. The van der Waals surface area contributed by atoms with E-state index in [-0.39, 0.29) is 12.2 Å². The standard InChI is InChI=1S/C14H11BrN2O3/c1-19-14(18)9-2-3-11-10(6-9)17-13(20-11)8-4-5-16-12(15)7-8/h2-7,13,17H,1H3. The Hall–Kier alpha value is -2.08. The maximum atomic E-state index is 11.5. The zero-order valence-corrected chi connectivity index (χ0v) is 12.2. The Balaban J connectivity index is 1.87. The molecule has 3 rings (SSSR count). The molecule has 20 heavy (non-hydrogen) atoms. The first-order chi connectivity index (χ1) is 9.67. The Morgan fingerprint density at radius 1 is 1.40 bits per heavy atom. The average Bonchev–Trinajstić information content (AvgIpc) is 2.89. The number of hydrogen-bond donors (Lipinski definition) is 1. The summed E-state index contributed by atoms with van der Waals surface area (Å²) in [5.74, 6) is 0.334. The van der Waals surface area contributed by atoms with Crippen LogP contribution in [-0.4, -0.2) is 18.1 Å². The van der Waals surface area contributed by atoms with Crippen LogP contribution in [-0.2, 0) is 4.74 Å². The largest absolute Gasteiger partial charge is 0.465 e. The van der Waals surface area contributed by atoms with Crippen LogP contribution in [0.4, 0.5) is 5.69 Å². The molecule has 5 nitrogen and oxygen atoms in total. The van der Waals surface area contributed by atoms with Crippen molar-refractivity contribution in [2.45, 2.75) is 6.23 Å². The van der Waals surface area contributed by atoms with E-state index >= 15 is 0 Å². The fourth-order valence-corrected chi connectivity index (χ4v) is 2.40. The molecule has 1 N–H and O–H groups in total. The van der Waals surface area contributed by atoms with Gasteiger partial charge in [0.25, 0.3) is 0 Å². The van der Waals surface area contributed by atoms with Crippen LogP contribution >= 0.6 is 15.9 Å². The summed E-state index contributed by atoms with van der Waals surface area (Å²) in [6.07, 6.45) is 1.41. The number of benzene rings is 1. The second-order valence-electron chi connectivity index (χ2n) is 4.26. The second kappa shape index (κ2) is 5.13. The van der Waals surface area contributed by atoms with Gasteiger partial charge in [0.15, 0.2) is 6.23 Å². The number of esters is 1. The van der Waals surface area contributed by atoms with Crippen molar-refractivity contribution < 1.29 is 14.3 Å². The normalized spacial score (nSPS) is 16.0. The van der Waals surface area contributed by atoms with E-state index in [1.807, 2.05) is 12.1 Å². The Bertz CT molecular complexity index is 675. The van der Waals surface area contributed by atoms with Gasteiger partial charge in [-0.1, -0.05) is 0 Å². The van der Waals surface area contributed by atoms with Crippen molar-refractivity contribution in [2.75, 3.05) is 12.4 Å². The quantitative estimate of drug-likeness (QED) is 0.675. The van der Waals surface area contributed by atoms with Crippen molar-refractivity contribution in [2.24, 2.45) is 0 Å². The molecule has 0 radical (unpaired) electrons. The van der Waals surface area contributed by atoms with Crippen LogP contribution in [0.25, 0.3) is 0 Å². The summed E-state index contributed by atoms with van der Waals surface area (Å²) in [6, 6.07) is 8.90. The maximum Gasteiger partial charge on any atom is 0.337 e. The van der Waals surface area contributed by atoms with Crippen LogP contribution in [0.2, 0.25) is 0 Å². The summed E-state index contributed by atoms with van der Waals surface area (Å²) in [4.78, 5) is 15.6. The average molecular weight is 335 g/mol. The van der Waals surface area contributed by atoms with Gasteiger partial charge in [-0.2, -0.15) is 0 Å². The topological polar surface area (TPSA) is 60.5 Å². The van der Waals surface area contributed by atoms with Crippen molar-refractivity contribution in [1.29, 1.82) is 0 Å². The number of aromatic nitrogens is 1. The summed E-state index contributed by atoms with van der Waals surface area (Å²) >= 11 is 3.33. The molecular weight excluding hydrogens is 324 g/mol. The number of hydrogen-bond acceptors (Lipinski definition) is 5. The molecule has 1 aromatic heterocycles. The van der Waals surface area contributed by atoms with Gasteiger partial charge in [0.2, 0.25) is 0 Å². The summed E-state index contributed by atoms with van der Waals surface area (Å²) in [6.45, 7) is 0. The minimum absolute atomic E-state index is 0.294. The molecule has 102 valence electrons. The van der Waals surface area contributed by atoms with Gasteiger partial charge >= 0.3 is 5.97 Å². The number of nitrogens with one attached hydrogen (secondary N) is 1. The third-order valence-electron chi connectivity index (χ3n) is 2.99. The third kappa shape index (κ3) is 2.34. The van der Waals surface area contributed by atoms with Crippen molar-refractivity contribution >= 4 is 27.6 Å². The van der Waals surface area contributed by atoms with Crippen LogP contribution in [0.1, 0.15) is 22.1 Å². The predicted octanol–water partition coefficient (Wildman–Crippen LogP) is 3.13. The molecule has 6 heteroatoms. The van der Waals surface area contributed by atoms with Gasteiger partial charge in [0.1, 0.15) is 10.4 Å². The molecule has 1 unspecified atom stereocenters. The number of nitrogens with zero attached hydrogens (tertiary/aromatic N) is 1. The number of halogens is 1. The molecule has 1 atom stereocenters. The van der Waals surface area contributed by atoms with Crippen molar-refractivity contribution in [1.82, 2.24) is 4.98 Å². The third-order valence-corrected chi connectivity index (χ3v) is 3.42. The van der Waals surface area contributed by atoms with E-state index in [1.54, 1.807) is 24.4 Å². The Labute approximate surface area is 124 Å². The first-order valence-electron chi connectivity index (χ1n) is 5.94. The summed E-state index contributed by atoms with van der Waals surface area (Å²) in [7, 11) is 1.36. The van der Waals surface area contributed by atoms with Gasteiger partial charge in [0, 0.05) is 11.8 Å². The molecule has 1 aromatic carbocycles. The lowest BCUT2D eigenvalue weighted by Gasteiger charge is -2.11. The highest BCUT2D eigenvalue weighted by Crippen LogP contribution is 2.38. The van der Waals surface area contributed by atoms with Crippen LogP contribution in [0.5, 0.6) is 5.75 Å². The fraction of sp³-hybridized carbons (Fsp3) is 0.143. The first-order valence-corrected chi connectivity index (χ1v) is 6.73. The van der Waals surface area contributed by atoms with Gasteiger partial charge in [-0.25, -0.2) is 9.78 Å². The Morgan fingerprint density at radius 2 is 2.25 bits per heavy atom. The van der Waals surface area contributed by atoms with Gasteiger partial charge in [-0.3, -0.25) is 0 Å². The number of carbonyl (C=O) groups excluding carboxylic acids is 1. The monoisotopic (exact) mass is 334 g/mol. The number of ether oxygens (including phenoxy) is 2. The summed E-state index contributed by atoms with van der Waals surface area (Å²) in [5, 5.41) is 3.22. The summed E-state index contributed by atoms with van der Waals surface area (Å²) in [5.41, 5.74) is 2.20. The second-order valence-corrected chi connectivity index (χ2v) is 5.07. The number of pyridine rings is 1. The lowest BCUT2D eigenvalue weighted by molar-refractivity contribution is 0.0601. The highest BCUT2D eigenvalue weighted by Gasteiger charge is 2.24. The van der Waals surface area contributed by atoms with Gasteiger partial charge in [0.05, 0.1) is 18.4 Å². The predicted molar refractivity (Wildman–Crippen MR) is 76.7 cm³/mol. The number of rotatable bonds is 2. The Morgan fingerprint density at radius 3 is 3.00 bits per heavy atom. The highest BCUT2D eigenvalue weighted by atomic mass is 79.9. The van der Waals surface area contributed by atoms with E-state index < -0.39 is 0 Å². The Kier molecular flexibility index (Phi) is 3.31. The zero-order valence-electron chi connectivity index (χ0n) is 10.6. The van der Waals surface area contributed by atoms with Gasteiger partial charge in [-0.05, 0) is 46.3 Å². The highest BCUT2D eigenvalue weighted by molar-refractivity contribution is 9.10. The van der Waals surface area contributed by atoms with Crippen LogP contribution in [0.15, 0.2) is 41.1 Å². The molecule has 1 aliphatic rings. The molecule has 0 saturated carbocycles. The number of methoxy groups -OCH3 is 1. The molecule has 0 fully saturated rings. The molecule has 0 spiro atoms. The SMILES string of the molecule is COC(=O)c1ccc2c(c1)NC(c1ccnc(Br)c1)O2. The molecule has 2 heterocycles. The van der Waals surface area contributed by atoms with Crippen LogP contribution in [0, 0.1) is 0 Å². The molecular formula is C14H11BrN2O3. The molecule has 0 amide bonds. The van der Waals surface area contributed by atoms with E-state index in [4.69, 9.17) is 9.47 Å². The van der Waals surface area contributed by atoms with Gasteiger partial charge in [-0.15, -0.1) is 0 Å². The lowest BCUT2D eigenvalue weighted by Crippen LogP contribution is -2.10. The number of anilines is 1. The van der Waals surface area contributed by atoms with E-state index in [0.717, 1.165) is 15.9 Å².